The van der Waals surface area contributed by atoms with Crippen molar-refractivity contribution in [1.29, 1.82) is 0 Å². The zero-order valence-corrected chi connectivity index (χ0v) is 11.3. The Hall–Kier alpha value is -2.83. The number of nitrogens with zero attached hydrogens (tertiary/aromatic N) is 2. The van der Waals surface area contributed by atoms with Crippen LogP contribution in [0, 0.1) is 10.1 Å². The highest BCUT2D eigenvalue weighted by Gasteiger charge is 2.19. The van der Waals surface area contributed by atoms with Gasteiger partial charge in [-0.15, -0.1) is 0 Å². The van der Waals surface area contributed by atoms with Crippen molar-refractivity contribution in [2.45, 2.75) is 13.0 Å². The molecule has 21 heavy (non-hydrogen) atoms. The smallest absolute Gasteiger partial charge is 0.311 e. The lowest BCUT2D eigenvalue weighted by Gasteiger charge is -2.15. The van der Waals surface area contributed by atoms with E-state index in [0.29, 0.717) is 11.5 Å². The predicted octanol–water partition coefficient (Wildman–Crippen LogP) is 2.89. The quantitative estimate of drug-likeness (QED) is 0.687. The predicted molar refractivity (Wildman–Crippen MR) is 75.5 cm³/mol. The average molecular weight is 287 g/mol. The fourth-order valence-corrected chi connectivity index (χ4v) is 2.13. The van der Waals surface area contributed by atoms with Gasteiger partial charge in [-0.1, -0.05) is 6.07 Å². The summed E-state index contributed by atoms with van der Waals surface area (Å²) in [4.78, 5) is 14.6. The van der Waals surface area contributed by atoms with Crippen LogP contribution in [0.25, 0.3) is 0 Å². The van der Waals surface area contributed by atoms with E-state index in [9.17, 15) is 10.1 Å². The lowest BCUT2D eigenvalue weighted by molar-refractivity contribution is -0.384. The van der Waals surface area contributed by atoms with Gasteiger partial charge in [0.2, 0.25) is 12.6 Å². The van der Waals surface area contributed by atoms with Crippen molar-refractivity contribution in [3.63, 3.8) is 0 Å². The van der Waals surface area contributed by atoms with Crippen LogP contribution in [-0.2, 0) is 0 Å². The highest BCUT2D eigenvalue weighted by Crippen LogP contribution is 2.35. The monoisotopic (exact) mass is 287 g/mol. The Morgan fingerprint density at radius 3 is 2.95 bits per heavy atom. The van der Waals surface area contributed by atoms with Gasteiger partial charge in [0.05, 0.1) is 11.0 Å². The number of nitro groups is 1. The van der Waals surface area contributed by atoms with E-state index in [4.69, 9.17) is 9.47 Å². The molecule has 0 radical (unpaired) electrons. The minimum atomic E-state index is -0.457. The van der Waals surface area contributed by atoms with Crippen LogP contribution in [0.3, 0.4) is 0 Å². The summed E-state index contributed by atoms with van der Waals surface area (Å²) in [5.41, 5.74) is 0.879. The van der Waals surface area contributed by atoms with Crippen LogP contribution < -0.4 is 14.8 Å². The molecule has 108 valence electrons. The van der Waals surface area contributed by atoms with E-state index in [1.807, 2.05) is 25.1 Å². The summed E-state index contributed by atoms with van der Waals surface area (Å²) >= 11 is 0. The number of hydrogen-bond donors (Lipinski definition) is 1. The van der Waals surface area contributed by atoms with Crippen molar-refractivity contribution >= 4 is 11.5 Å². The van der Waals surface area contributed by atoms with E-state index in [1.165, 1.54) is 18.3 Å². The summed E-state index contributed by atoms with van der Waals surface area (Å²) in [5, 5.41) is 14.0. The standard InChI is InChI=1S/C14H13N3O4/c1-9(10-4-5-12-13(7-10)21-8-20-12)16-14-11(17(18)19)3-2-6-15-14/h2-7,9H,8H2,1H3,(H,15,16). The molecule has 1 N–H and O–H groups in total. The molecule has 2 heterocycles. The van der Waals surface area contributed by atoms with Crippen molar-refractivity contribution in [3.05, 3.63) is 52.2 Å². The molecule has 1 aliphatic rings. The van der Waals surface area contributed by atoms with E-state index in [0.717, 1.165) is 5.56 Å². The second-order valence-electron chi connectivity index (χ2n) is 4.61. The first-order valence-corrected chi connectivity index (χ1v) is 6.40. The zero-order chi connectivity index (χ0) is 14.8. The Bertz CT molecular complexity index is 690. The molecule has 0 saturated carbocycles. The molecule has 1 atom stereocenters. The number of ether oxygens (including phenoxy) is 2. The number of rotatable bonds is 4. The summed E-state index contributed by atoms with van der Waals surface area (Å²) in [6.45, 7) is 2.11. The molecule has 7 heteroatoms. The topological polar surface area (TPSA) is 86.5 Å². The number of benzene rings is 1. The molecule has 0 amide bonds. The number of fused-ring (bicyclic) bond motifs is 1. The van der Waals surface area contributed by atoms with Gasteiger partial charge in [-0.05, 0) is 30.7 Å². The zero-order valence-electron chi connectivity index (χ0n) is 11.3. The Balaban J connectivity index is 1.83. The Morgan fingerprint density at radius 2 is 2.14 bits per heavy atom. The van der Waals surface area contributed by atoms with E-state index >= 15 is 0 Å². The van der Waals surface area contributed by atoms with Crippen molar-refractivity contribution in [3.8, 4) is 11.5 Å². The highest BCUT2D eigenvalue weighted by molar-refractivity contribution is 5.56. The number of aromatic nitrogens is 1. The number of pyridine rings is 1. The van der Waals surface area contributed by atoms with Gasteiger partial charge in [0.25, 0.3) is 0 Å². The number of anilines is 1. The SMILES string of the molecule is CC(Nc1ncccc1[N+](=O)[O-])c1ccc2c(c1)OCO2. The van der Waals surface area contributed by atoms with Gasteiger partial charge in [-0.25, -0.2) is 4.98 Å². The largest absolute Gasteiger partial charge is 0.454 e. The molecule has 0 fully saturated rings. The van der Waals surface area contributed by atoms with Gasteiger partial charge < -0.3 is 14.8 Å². The average Bonchev–Trinajstić information content (AvgIpc) is 2.94. The molecule has 3 rings (SSSR count). The fourth-order valence-electron chi connectivity index (χ4n) is 2.13. The van der Waals surface area contributed by atoms with Crippen LogP contribution in [0.2, 0.25) is 0 Å². The molecule has 0 aliphatic carbocycles. The molecule has 1 aromatic heterocycles. The normalized spacial score (nSPS) is 13.8. The van der Waals surface area contributed by atoms with Crippen LogP contribution >= 0.6 is 0 Å². The molecule has 0 saturated heterocycles. The Labute approximate surface area is 120 Å². The number of hydrogen-bond acceptors (Lipinski definition) is 6. The summed E-state index contributed by atoms with van der Waals surface area (Å²) in [6.07, 6.45) is 1.52. The third-order valence-corrected chi connectivity index (χ3v) is 3.23. The van der Waals surface area contributed by atoms with E-state index < -0.39 is 4.92 Å². The summed E-state index contributed by atoms with van der Waals surface area (Å²) in [7, 11) is 0. The molecule has 0 spiro atoms. The van der Waals surface area contributed by atoms with Crippen molar-refractivity contribution in [1.82, 2.24) is 4.98 Å². The lowest BCUT2D eigenvalue weighted by Crippen LogP contribution is -2.09. The van der Waals surface area contributed by atoms with Gasteiger partial charge in [0.1, 0.15) is 0 Å². The van der Waals surface area contributed by atoms with Gasteiger partial charge in [0, 0.05) is 12.3 Å². The fraction of sp³-hybridized carbons (Fsp3) is 0.214. The second kappa shape index (κ2) is 5.28. The molecular weight excluding hydrogens is 274 g/mol. The lowest BCUT2D eigenvalue weighted by atomic mass is 10.1. The van der Waals surface area contributed by atoms with Crippen molar-refractivity contribution < 1.29 is 14.4 Å². The van der Waals surface area contributed by atoms with Gasteiger partial charge >= 0.3 is 5.69 Å². The maximum atomic E-state index is 11.0. The van der Waals surface area contributed by atoms with Crippen LogP contribution in [0.15, 0.2) is 36.5 Å². The van der Waals surface area contributed by atoms with Crippen LogP contribution in [0.1, 0.15) is 18.5 Å². The maximum Gasteiger partial charge on any atom is 0.311 e. The summed E-state index contributed by atoms with van der Waals surface area (Å²) < 4.78 is 10.6. The molecule has 2 aromatic rings. The Morgan fingerprint density at radius 1 is 1.33 bits per heavy atom. The van der Waals surface area contributed by atoms with Gasteiger partial charge in [-0.3, -0.25) is 10.1 Å². The first kappa shape index (κ1) is 13.2. The Kier molecular flexibility index (Phi) is 3.31. The summed E-state index contributed by atoms with van der Waals surface area (Å²) in [6, 6.07) is 8.36. The van der Waals surface area contributed by atoms with Crippen LogP contribution in [0.5, 0.6) is 11.5 Å². The molecular formula is C14H13N3O4. The first-order valence-electron chi connectivity index (χ1n) is 6.40. The van der Waals surface area contributed by atoms with Crippen LogP contribution in [-0.4, -0.2) is 16.7 Å². The minimum absolute atomic E-state index is 0.0508. The highest BCUT2D eigenvalue weighted by atomic mass is 16.7. The maximum absolute atomic E-state index is 11.0. The molecule has 0 bridgehead atoms. The molecule has 1 unspecified atom stereocenters. The molecule has 7 nitrogen and oxygen atoms in total. The molecule has 1 aromatic carbocycles. The third kappa shape index (κ3) is 2.58. The molecule has 1 aliphatic heterocycles. The van der Waals surface area contributed by atoms with E-state index in [2.05, 4.69) is 10.3 Å². The van der Waals surface area contributed by atoms with E-state index in [-0.39, 0.29) is 24.3 Å². The van der Waals surface area contributed by atoms with Crippen molar-refractivity contribution in [2.75, 3.05) is 12.1 Å². The third-order valence-electron chi connectivity index (χ3n) is 3.23. The first-order chi connectivity index (χ1) is 10.1. The van der Waals surface area contributed by atoms with Crippen molar-refractivity contribution in [2.24, 2.45) is 0 Å². The van der Waals surface area contributed by atoms with E-state index in [1.54, 1.807) is 0 Å². The van der Waals surface area contributed by atoms with Gasteiger partial charge in [0.15, 0.2) is 11.5 Å². The minimum Gasteiger partial charge on any atom is -0.454 e. The summed E-state index contributed by atoms with van der Waals surface area (Å²) in [5.74, 6) is 1.62. The van der Waals surface area contributed by atoms with Crippen LogP contribution in [0.4, 0.5) is 11.5 Å². The number of nitrogens with one attached hydrogen (secondary N) is 1. The van der Waals surface area contributed by atoms with Gasteiger partial charge in [-0.2, -0.15) is 0 Å². The second-order valence-corrected chi connectivity index (χ2v) is 4.61.